The molecule has 96 valence electrons. The van der Waals surface area contributed by atoms with E-state index in [1.165, 1.54) is 12.8 Å². The molecule has 0 bridgehead atoms. The smallest absolute Gasteiger partial charge is 0.0561 e. The van der Waals surface area contributed by atoms with Crippen molar-refractivity contribution in [3.8, 4) is 0 Å². The predicted molar refractivity (Wildman–Crippen MR) is 77.4 cm³/mol. The average Bonchev–Trinajstić information content (AvgIpc) is 2.38. The Balaban J connectivity index is 0.000000437. The van der Waals surface area contributed by atoms with E-state index in [9.17, 15) is 0 Å². The number of para-hydroxylation sites is 1. The van der Waals surface area contributed by atoms with Gasteiger partial charge in [0.1, 0.15) is 0 Å². The molecule has 0 unspecified atom stereocenters. The highest BCUT2D eigenvalue weighted by molar-refractivity contribution is 5.59. The molecule has 0 spiro atoms. The fourth-order valence-electron chi connectivity index (χ4n) is 1.03. The van der Waals surface area contributed by atoms with Crippen molar-refractivity contribution in [1.29, 1.82) is 0 Å². The Kier molecular flexibility index (Phi) is 11.7. The van der Waals surface area contributed by atoms with Gasteiger partial charge in [-0.2, -0.15) is 5.10 Å². The van der Waals surface area contributed by atoms with Gasteiger partial charge in [-0.05, 0) is 31.5 Å². The summed E-state index contributed by atoms with van der Waals surface area (Å²) in [5.41, 5.74) is 9.12. The van der Waals surface area contributed by atoms with E-state index < -0.39 is 0 Å². The summed E-state index contributed by atoms with van der Waals surface area (Å²) in [6.07, 6.45) is 6.45. The van der Waals surface area contributed by atoms with E-state index in [0.717, 1.165) is 25.1 Å². The van der Waals surface area contributed by atoms with Crippen LogP contribution >= 0.6 is 0 Å². The topological polar surface area (TPSA) is 50.4 Å². The van der Waals surface area contributed by atoms with Crippen LogP contribution in [0.15, 0.2) is 35.4 Å². The van der Waals surface area contributed by atoms with E-state index in [2.05, 4.69) is 24.4 Å². The van der Waals surface area contributed by atoms with Crippen molar-refractivity contribution in [2.45, 2.75) is 39.5 Å². The van der Waals surface area contributed by atoms with E-state index in [4.69, 9.17) is 5.73 Å². The Bertz CT molecular complexity index is 268. The predicted octanol–water partition coefficient (Wildman–Crippen LogP) is 3.63. The third-order valence-corrected chi connectivity index (χ3v) is 2.03. The summed E-state index contributed by atoms with van der Waals surface area (Å²) in [5.74, 6) is 0. The zero-order valence-electron chi connectivity index (χ0n) is 11.0. The first-order valence-corrected chi connectivity index (χ1v) is 6.37. The molecule has 17 heavy (non-hydrogen) atoms. The molecule has 0 saturated heterocycles. The van der Waals surface area contributed by atoms with Crippen LogP contribution in [0.2, 0.25) is 0 Å². The van der Waals surface area contributed by atoms with Crippen molar-refractivity contribution in [3.05, 3.63) is 30.3 Å². The first kappa shape index (κ1) is 15.7. The Labute approximate surface area is 105 Å². The second-order valence-electron chi connectivity index (χ2n) is 3.72. The van der Waals surface area contributed by atoms with Crippen LogP contribution in [-0.4, -0.2) is 12.8 Å². The van der Waals surface area contributed by atoms with Gasteiger partial charge < -0.3 is 5.73 Å². The van der Waals surface area contributed by atoms with Crippen molar-refractivity contribution >= 4 is 11.9 Å². The maximum atomic E-state index is 5.14. The van der Waals surface area contributed by atoms with Gasteiger partial charge in [-0.3, -0.25) is 5.43 Å². The summed E-state index contributed by atoms with van der Waals surface area (Å²) in [4.78, 5) is 0. The Hall–Kier alpha value is -1.35. The number of benzene rings is 1. The lowest BCUT2D eigenvalue weighted by Gasteiger charge is -1.97. The SMILES string of the molecule is CCCC=NNc1ccccc1.CCCCN. The van der Waals surface area contributed by atoms with E-state index in [1.54, 1.807) is 0 Å². The molecule has 3 nitrogen and oxygen atoms in total. The van der Waals surface area contributed by atoms with Gasteiger partial charge in [0.2, 0.25) is 0 Å². The molecule has 1 aromatic carbocycles. The number of nitrogens with two attached hydrogens (primary N) is 1. The average molecular weight is 235 g/mol. The fourth-order valence-corrected chi connectivity index (χ4v) is 1.03. The second kappa shape index (κ2) is 12.7. The fraction of sp³-hybridized carbons (Fsp3) is 0.500. The number of hydrogen-bond acceptors (Lipinski definition) is 3. The molecule has 0 fully saturated rings. The molecular formula is C14H25N3. The van der Waals surface area contributed by atoms with Crippen LogP contribution in [0.4, 0.5) is 5.69 Å². The molecule has 0 aliphatic heterocycles. The van der Waals surface area contributed by atoms with E-state index in [-0.39, 0.29) is 0 Å². The van der Waals surface area contributed by atoms with Gasteiger partial charge in [0, 0.05) is 6.21 Å². The van der Waals surface area contributed by atoms with Gasteiger partial charge in [0.25, 0.3) is 0 Å². The molecule has 0 saturated carbocycles. The van der Waals surface area contributed by atoms with Crippen molar-refractivity contribution in [3.63, 3.8) is 0 Å². The lowest BCUT2D eigenvalue weighted by atomic mass is 10.3. The lowest BCUT2D eigenvalue weighted by Crippen LogP contribution is -1.95. The number of nitrogens with zero attached hydrogens (tertiary/aromatic N) is 1. The molecule has 3 N–H and O–H groups in total. The van der Waals surface area contributed by atoms with Crippen molar-refractivity contribution < 1.29 is 0 Å². The van der Waals surface area contributed by atoms with Crippen molar-refractivity contribution in [2.24, 2.45) is 10.8 Å². The maximum Gasteiger partial charge on any atom is 0.0561 e. The first-order chi connectivity index (χ1) is 8.35. The minimum atomic E-state index is 0.844. The third-order valence-electron chi connectivity index (χ3n) is 2.03. The highest BCUT2D eigenvalue weighted by Gasteiger charge is 1.82. The van der Waals surface area contributed by atoms with E-state index >= 15 is 0 Å². The highest BCUT2D eigenvalue weighted by Crippen LogP contribution is 2.03. The Morgan fingerprint density at radius 1 is 1.18 bits per heavy atom. The van der Waals surface area contributed by atoms with Crippen LogP contribution in [0.5, 0.6) is 0 Å². The van der Waals surface area contributed by atoms with Crippen LogP contribution in [-0.2, 0) is 0 Å². The summed E-state index contributed by atoms with van der Waals surface area (Å²) < 4.78 is 0. The van der Waals surface area contributed by atoms with E-state index in [0.29, 0.717) is 0 Å². The van der Waals surface area contributed by atoms with Crippen LogP contribution in [0.3, 0.4) is 0 Å². The minimum absolute atomic E-state index is 0.844. The van der Waals surface area contributed by atoms with Crippen LogP contribution in [0.1, 0.15) is 39.5 Å². The van der Waals surface area contributed by atoms with Gasteiger partial charge in [0.05, 0.1) is 5.69 Å². The first-order valence-electron chi connectivity index (χ1n) is 6.37. The van der Waals surface area contributed by atoms with E-state index in [1.807, 2.05) is 36.5 Å². The Morgan fingerprint density at radius 2 is 1.88 bits per heavy atom. The zero-order chi connectivity index (χ0) is 12.8. The molecule has 1 aromatic rings. The van der Waals surface area contributed by atoms with Gasteiger partial charge in [-0.25, -0.2) is 0 Å². The largest absolute Gasteiger partial charge is 0.330 e. The van der Waals surface area contributed by atoms with Gasteiger partial charge in [0.15, 0.2) is 0 Å². The number of rotatable bonds is 6. The highest BCUT2D eigenvalue weighted by atomic mass is 15.3. The summed E-state index contributed by atoms with van der Waals surface area (Å²) in [6.45, 7) is 5.11. The molecule has 0 radical (unpaired) electrons. The number of hydrazone groups is 1. The van der Waals surface area contributed by atoms with Gasteiger partial charge in [-0.1, -0.05) is 44.9 Å². The third kappa shape index (κ3) is 10.9. The molecule has 1 rings (SSSR count). The standard InChI is InChI=1S/C10H14N2.C4H11N/c1-2-3-9-11-12-10-7-5-4-6-8-10;1-2-3-4-5/h4-9,12H,2-3H2,1H3;2-5H2,1H3. The normalized spacial score (nSPS) is 9.82. The van der Waals surface area contributed by atoms with Gasteiger partial charge in [-0.15, -0.1) is 0 Å². The summed E-state index contributed by atoms with van der Waals surface area (Å²) in [7, 11) is 0. The molecule has 0 aromatic heterocycles. The molecule has 0 aliphatic carbocycles. The van der Waals surface area contributed by atoms with Crippen molar-refractivity contribution in [2.75, 3.05) is 12.0 Å². The van der Waals surface area contributed by atoms with Gasteiger partial charge >= 0.3 is 0 Å². The maximum absolute atomic E-state index is 5.14. The molecule has 0 atom stereocenters. The Morgan fingerprint density at radius 3 is 2.35 bits per heavy atom. The molecule has 3 heteroatoms. The molecule has 0 heterocycles. The minimum Gasteiger partial charge on any atom is -0.330 e. The number of unbranched alkanes of at least 4 members (excludes halogenated alkanes) is 2. The number of hydrogen-bond donors (Lipinski definition) is 2. The zero-order valence-corrected chi connectivity index (χ0v) is 11.0. The quantitative estimate of drug-likeness (QED) is 0.584. The lowest BCUT2D eigenvalue weighted by molar-refractivity contribution is 0.807. The monoisotopic (exact) mass is 235 g/mol. The molecular weight excluding hydrogens is 210 g/mol. The second-order valence-corrected chi connectivity index (χ2v) is 3.72. The number of anilines is 1. The number of nitrogens with one attached hydrogen (secondary N) is 1. The van der Waals surface area contributed by atoms with Crippen LogP contribution < -0.4 is 11.2 Å². The molecule has 0 aliphatic rings. The summed E-state index contributed by atoms with van der Waals surface area (Å²) >= 11 is 0. The summed E-state index contributed by atoms with van der Waals surface area (Å²) in [5, 5.41) is 4.06. The van der Waals surface area contributed by atoms with Crippen LogP contribution in [0.25, 0.3) is 0 Å². The molecule has 0 amide bonds. The van der Waals surface area contributed by atoms with Crippen LogP contribution in [0, 0.1) is 0 Å². The van der Waals surface area contributed by atoms with Crippen molar-refractivity contribution in [1.82, 2.24) is 0 Å². The summed E-state index contributed by atoms with van der Waals surface area (Å²) in [6, 6.07) is 9.93.